The molecule has 2 aromatic rings. The van der Waals surface area contributed by atoms with Gasteiger partial charge in [-0.1, -0.05) is 6.07 Å². The zero-order valence-corrected chi connectivity index (χ0v) is 12.4. The fourth-order valence-electron chi connectivity index (χ4n) is 1.65. The zero-order chi connectivity index (χ0) is 14.5. The average Bonchev–Trinajstić information content (AvgIpc) is 2.99. The van der Waals surface area contributed by atoms with Crippen LogP contribution in [0.1, 0.15) is 22.2 Å². The number of aryl methyl sites for hydroxylation is 1. The van der Waals surface area contributed by atoms with E-state index in [0.29, 0.717) is 5.13 Å². The molecule has 1 atom stereocenters. The van der Waals surface area contributed by atoms with Gasteiger partial charge in [-0.3, -0.25) is 4.79 Å². The van der Waals surface area contributed by atoms with Gasteiger partial charge in [0.05, 0.1) is 12.5 Å². The summed E-state index contributed by atoms with van der Waals surface area (Å²) in [5.74, 6) is -0.216. The Morgan fingerprint density at radius 3 is 2.85 bits per heavy atom. The topological polar surface area (TPSA) is 97.1 Å². The molecule has 0 aliphatic rings. The van der Waals surface area contributed by atoms with E-state index >= 15 is 0 Å². The maximum atomic E-state index is 12.0. The Kier molecular flexibility index (Phi) is 4.70. The molecular formula is C12H14N4O2S2. The first-order chi connectivity index (χ1) is 9.54. The first-order valence-electron chi connectivity index (χ1n) is 5.86. The third kappa shape index (κ3) is 4.04. The number of primary amides is 1. The fraction of sp³-hybridized carbons (Fsp3) is 0.250. The van der Waals surface area contributed by atoms with E-state index in [1.807, 2.05) is 24.4 Å². The van der Waals surface area contributed by atoms with Crippen molar-refractivity contribution < 1.29 is 9.59 Å². The number of nitrogens with zero attached hydrogens (tertiary/aromatic N) is 1. The number of thiazole rings is 1. The number of carbonyl (C=O) groups excluding carboxylic acids is 2. The molecule has 0 saturated heterocycles. The van der Waals surface area contributed by atoms with Crippen LogP contribution in [-0.2, 0) is 4.79 Å². The second kappa shape index (κ2) is 6.49. The predicted molar refractivity (Wildman–Crippen MR) is 79.9 cm³/mol. The second-order valence-electron chi connectivity index (χ2n) is 4.10. The molecule has 3 amide bonds. The standard InChI is InChI=1S/C12H14N4O2S2/c1-7-6-14-12(20-7)16-10(17)5-8(15-11(13)18)9-3-2-4-19-9/h2-4,6,8H,5H2,1H3,(H3,13,15,18)(H,14,16,17). The molecule has 2 rings (SSSR count). The summed E-state index contributed by atoms with van der Waals surface area (Å²) in [5.41, 5.74) is 5.14. The smallest absolute Gasteiger partial charge is 0.312 e. The Morgan fingerprint density at radius 1 is 1.50 bits per heavy atom. The normalized spacial score (nSPS) is 11.8. The molecule has 8 heteroatoms. The van der Waals surface area contributed by atoms with Crippen LogP contribution in [0.5, 0.6) is 0 Å². The number of nitrogens with two attached hydrogens (primary N) is 1. The summed E-state index contributed by atoms with van der Waals surface area (Å²) in [6.45, 7) is 1.91. The van der Waals surface area contributed by atoms with E-state index in [9.17, 15) is 9.59 Å². The summed E-state index contributed by atoms with van der Waals surface area (Å²) < 4.78 is 0. The molecule has 0 radical (unpaired) electrons. The lowest BCUT2D eigenvalue weighted by atomic mass is 10.1. The summed E-state index contributed by atoms with van der Waals surface area (Å²) in [6, 6.07) is 2.64. The zero-order valence-electron chi connectivity index (χ0n) is 10.8. The van der Waals surface area contributed by atoms with Crippen LogP contribution < -0.4 is 16.4 Å². The Hall–Kier alpha value is -1.93. The maximum absolute atomic E-state index is 12.0. The molecule has 2 heterocycles. The molecule has 4 N–H and O–H groups in total. The molecule has 6 nitrogen and oxygen atoms in total. The first kappa shape index (κ1) is 14.5. The molecule has 0 spiro atoms. The Balaban J connectivity index is 2.00. The highest BCUT2D eigenvalue weighted by atomic mass is 32.1. The number of rotatable bonds is 5. The van der Waals surface area contributed by atoms with E-state index in [1.54, 1.807) is 6.20 Å². The Bertz CT molecular complexity index is 594. The van der Waals surface area contributed by atoms with Crippen LogP contribution in [0.3, 0.4) is 0 Å². The third-order valence-electron chi connectivity index (χ3n) is 2.46. The van der Waals surface area contributed by atoms with Gasteiger partial charge in [-0.25, -0.2) is 9.78 Å². The Labute approximate surface area is 124 Å². The van der Waals surface area contributed by atoms with E-state index in [-0.39, 0.29) is 12.3 Å². The third-order valence-corrected chi connectivity index (χ3v) is 4.27. The number of thiophene rings is 1. The van der Waals surface area contributed by atoms with Crippen molar-refractivity contribution in [2.45, 2.75) is 19.4 Å². The van der Waals surface area contributed by atoms with Crippen LogP contribution in [-0.4, -0.2) is 16.9 Å². The lowest BCUT2D eigenvalue weighted by molar-refractivity contribution is -0.116. The van der Waals surface area contributed by atoms with Crippen LogP contribution in [0, 0.1) is 6.92 Å². The van der Waals surface area contributed by atoms with E-state index in [1.165, 1.54) is 22.7 Å². The quantitative estimate of drug-likeness (QED) is 0.790. The minimum Gasteiger partial charge on any atom is -0.352 e. The molecule has 106 valence electrons. The SMILES string of the molecule is Cc1cnc(NC(=O)CC(NC(N)=O)c2cccs2)s1. The molecule has 2 aromatic heterocycles. The number of amides is 3. The van der Waals surface area contributed by atoms with E-state index in [4.69, 9.17) is 5.73 Å². The lowest BCUT2D eigenvalue weighted by Crippen LogP contribution is -2.34. The van der Waals surface area contributed by atoms with Gasteiger partial charge in [0.2, 0.25) is 5.91 Å². The number of anilines is 1. The monoisotopic (exact) mass is 310 g/mol. The van der Waals surface area contributed by atoms with E-state index in [2.05, 4.69) is 15.6 Å². The highest BCUT2D eigenvalue weighted by Gasteiger charge is 2.19. The van der Waals surface area contributed by atoms with Gasteiger partial charge in [0.25, 0.3) is 0 Å². The van der Waals surface area contributed by atoms with Crippen molar-refractivity contribution in [2.75, 3.05) is 5.32 Å². The average molecular weight is 310 g/mol. The summed E-state index contributed by atoms with van der Waals surface area (Å²) in [7, 11) is 0. The summed E-state index contributed by atoms with van der Waals surface area (Å²) in [5, 5.41) is 7.72. The summed E-state index contributed by atoms with van der Waals surface area (Å²) in [6.07, 6.45) is 1.81. The van der Waals surface area contributed by atoms with Crippen molar-refractivity contribution in [3.63, 3.8) is 0 Å². The van der Waals surface area contributed by atoms with Crippen molar-refractivity contribution in [1.29, 1.82) is 0 Å². The first-order valence-corrected chi connectivity index (χ1v) is 7.56. The minimum absolute atomic E-state index is 0.113. The van der Waals surface area contributed by atoms with Gasteiger partial charge in [0.15, 0.2) is 5.13 Å². The molecule has 0 aliphatic carbocycles. The minimum atomic E-state index is -0.652. The van der Waals surface area contributed by atoms with Gasteiger partial charge in [0, 0.05) is 16.0 Å². The number of nitrogens with one attached hydrogen (secondary N) is 2. The van der Waals surface area contributed by atoms with Gasteiger partial charge >= 0.3 is 6.03 Å². The largest absolute Gasteiger partial charge is 0.352 e. The van der Waals surface area contributed by atoms with E-state index in [0.717, 1.165) is 9.75 Å². The molecule has 0 aromatic carbocycles. The van der Waals surface area contributed by atoms with Crippen molar-refractivity contribution in [3.8, 4) is 0 Å². The number of carbonyl (C=O) groups is 2. The van der Waals surface area contributed by atoms with Crippen molar-refractivity contribution in [1.82, 2.24) is 10.3 Å². The fourth-order valence-corrected chi connectivity index (χ4v) is 3.11. The van der Waals surface area contributed by atoms with Crippen LogP contribution >= 0.6 is 22.7 Å². The summed E-state index contributed by atoms with van der Waals surface area (Å²) >= 11 is 2.86. The van der Waals surface area contributed by atoms with Crippen LogP contribution in [0.4, 0.5) is 9.93 Å². The molecule has 20 heavy (non-hydrogen) atoms. The lowest BCUT2D eigenvalue weighted by Gasteiger charge is -2.15. The van der Waals surface area contributed by atoms with E-state index < -0.39 is 12.1 Å². The molecule has 0 bridgehead atoms. The van der Waals surface area contributed by atoms with Crippen molar-refractivity contribution >= 4 is 39.7 Å². The molecule has 1 unspecified atom stereocenters. The van der Waals surface area contributed by atoms with Crippen LogP contribution in [0.2, 0.25) is 0 Å². The van der Waals surface area contributed by atoms with Gasteiger partial charge < -0.3 is 16.4 Å². The van der Waals surface area contributed by atoms with Gasteiger partial charge in [-0.15, -0.1) is 22.7 Å². The number of hydrogen-bond acceptors (Lipinski definition) is 5. The second-order valence-corrected chi connectivity index (χ2v) is 6.32. The van der Waals surface area contributed by atoms with Gasteiger partial charge in [0.1, 0.15) is 0 Å². The Morgan fingerprint density at radius 2 is 2.30 bits per heavy atom. The molecule has 0 saturated carbocycles. The molecular weight excluding hydrogens is 296 g/mol. The highest BCUT2D eigenvalue weighted by molar-refractivity contribution is 7.15. The van der Waals surface area contributed by atoms with Gasteiger partial charge in [-0.2, -0.15) is 0 Å². The van der Waals surface area contributed by atoms with Gasteiger partial charge in [-0.05, 0) is 18.4 Å². The van der Waals surface area contributed by atoms with Crippen LogP contribution in [0.15, 0.2) is 23.7 Å². The van der Waals surface area contributed by atoms with Crippen LogP contribution in [0.25, 0.3) is 0 Å². The van der Waals surface area contributed by atoms with Crippen molar-refractivity contribution in [2.24, 2.45) is 5.73 Å². The number of aromatic nitrogens is 1. The summed E-state index contributed by atoms with van der Waals surface area (Å²) in [4.78, 5) is 29.0. The number of urea groups is 1. The molecule has 0 aliphatic heterocycles. The molecule has 0 fully saturated rings. The predicted octanol–water partition coefficient (Wildman–Crippen LogP) is 2.25. The van der Waals surface area contributed by atoms with Crippen molar-refractivity contribution in [3.05, 3.63) is 33.5 Å². The maximum Gasteiger partial charge on any atom is 0.312 e. The highest BCUT2D eigenvalue weighted by Crippen LogP contribution is 2.23. The number of hydrogen-bond donors (Lipinski definition) is 3.